The number of fused-ring (bicyclic) bond motifs is 3. The maximum absolute atomic E-state index is 12.9. The SMILES string of the molecule is C[C@@H]1[C@H](NC(=O)c2ccc(Sc3cc(N4CCOCC4)ccn3)cc2)C2CCN1CC2. The molecule has 0 radical (unpaired) electrons. The molecule has 31 heavy (non-hydrogen) atoms. The molecule has 1 N–H and O–H groups in total. The van der Waals surface area contributed by atoms with Crippen LogP contribution in [-0.2, 0) is 4.74 Å². The van der Waals surface area contributed by atoms with Crippen LogP contribution in [-0.4, -0.2) is 67.3 Å². The molecular weight excluding hydrogens is 408 g/mol. The number of piperidine rings is 3. The van der Waals surface area contributed by atoms with Gasteiger partial charge in [-0.2, -0.15) is 0 Å². The molecule has 4 fully saturated rings. The van der Waals surface area contributed by atoms with Gasteiger partial charge < -0.3 is 15.0 Å². The molecule has 4 saturated heterocycles. The molecule has 0 aliphatic carbocycles. The van der Waals surface area contributed by atoms with Gasteiger partial charge in [-0.05, 0) is 75.2 Å². The van der Waals surface area contributed by atoms with Gasteiger partial charge in [0.15, 0.2) is 0 Å². The molecule has 4 aliphatic rings. The van der Waals surface area contributed by atoms with E-state index in [0.29, 0.717) is 12.0 Å². The molecule has 2 aromatic rings. The minimum atomic E-state index is 0.0367. The summed E-state index contributed by atoms with van der Waals surface area (Å²) in [7, 11) is 0. The standard InChI is InChI=1S/C24H30N4O2S/c1-17-23(18-7-10-27(17)11-8-18)26-24(29)19-2-4-21(5-3-19)31-22-16-20(6-9-25-22)28-12-14-30-15-13-28/h2-6,9,16-18,23H,7-8,10-15H2,1H3,(H,26,29)/t17-,23+/m1/s1. The number of aromatic nitrogens is 1. The zero-order valence-electron chi connectivity index (χ0n) is 18.0. The lowest BCUT2D eigenvalue weighted by atomic mass is 9.79. The van der Waals surface area contributed by atoms with Gasteiger partial charge in [-0.25, -0.2) is 4.98 Å². The van der Waals surface area contributed by atoms with Crippen molar-refractivity contribution in [3.63, 3.8) is 0 Å². The predicted octanol–water partition coefficient (Wildman–Crippen LogP) is 3.28. The Hall–Kier alpha value is -2.09. The average molecular weight is 439 g/mol. The smallest absolute Gasteiger partial charge is 0.251 e. The van der Waals surface area contributed by atoms with Crippen molar-refractivity contribution in [2.45, 2.75) is 41.8 Å². The van der Waals surface area contributed by atoms with Crippen molar-refractivity contribution < 1.29 is 9.53 Å². The van der Waals surface area contributed by atoms with E-state index in [9.17, 15) is 4.79 Å². The highest BCUT2D eigenvalue weighted by Crippen LogP contribution is 2.33. The molecular formula is C24H30N4O2S. The van der Waals surface area contributed by atoms with Gasteiger partial charge in [0.25, 0.3) is 5.91 Å². The predicted molar refractivity (Wildman–Crippen MR) is 123 cm³/mol. The topological polar surface area (TPSA) is 57.7 Å². The second-order valence-electron chi connectivity index (χ2n) is 8.69. The number of pyridine rings is 1. The summed E-state index contributed by atoms with van der Waals surface area (Å²) in [6, 6.07) is 12.8. The van der Waals surface area contributed by atoms with Gasteiger partial charge in [-0.1, -0.05) is 11.8 Å². The van der Waals surface area contributed by atoms with E-state index >= 15 is 0 Å². The highest BCUT2D eigenvalue weighted by atomic mass is 32.2. The fourth-order valence-corrected chi connectivity index (χ4v) is 5.86. The summed E-state index contributed by atoms with van der Waals surface area (Å²) in [5.41, 5.74) is 1.91. The Labute approximate surface area is 188 Å². The number of benzene rings is 1. The summed E-state index contributed by atoms with van der Waals surface area (Å²) < 4.78 is 5.45. The van der Waals surface area contributed by atoms with Gasteiger partial charge in [0.1, 0.15) is 5.03 Å². The maximum atomic E-state index is 12.9. The first-order valence-corrected chi connectivity index (χ1v) is 12.1. The molecule has 0 saturated carbocycles. The molecule has 2 atom stereocenters. The lowest BCUT2D eigenvalue weighted by Gasteiger charge is -2.49. The van der Waals surface area contributed by atoms with E-state index in [2.05, 4.69) is 39.2 Å². The fraction of sp³-hybridized carbons (Fsp3) is 0.500. The Morgan fingerprint density at radius 1 is 1.10 bits per heavy atom. The molecule has 164 valence electrons. The van der Waals surface area contributed by atoms with Crippen molar-refractivity contribution in [2.75, 3.05) is 44.3 Å². The van der Waals surface area contributed by atoms with Crippen LogP contribution in [0.3, 0.4) is 0 Å². The van der Waals surface area contributed by atoms with Gasteiger partial charge in [-0.15, -0.1) is 0 Å². The van der Waals surface area contributed by atoms with Crippen LogP contribution < -0.4 is 10.2 Å². The van der Waals surface area contributed by atoms with E-state index in [0.717, 1.165) is 41.8 Å². The Morgan fingerprint density at radius 3 is 2.55 bits per heavy atom. The van der Waals surface area contributed by atoms with Crippen molar-refractivity contribution in [2.24, 2.45) is 5.92 Å². The number of anilines is 1. The van der Waals surface area contributed by atoms with Crippen LogP contribution in [0.25, 0.3) is 0 Å². The first-order valence-electron chi connectivity index (χ1n) is 11.3. The van der Waals surface area contributed by atoms with Crippen molar-refractivity contribution in [3.8, 4) is 0 Å². The number of nitrogens with one attached hydrogen (secondary N) is 1. The number of ether oxygens (including phenoxy) is 1. The van der Waals surface area contributed by atoms with Crippen LogP contribution in [0, 0.1) is 5.92 Å². The third-order valence-electron chi connectivity index (χ3n) is 6.91. The van der Waals surface area contributed by atoms with Crippen LogP contribution in [0.2, 0.25) is 0 Å². The summed E-state index contributed by atoms with van der Waals surface area (Å²) in [6.45, 7) is 7.95. The minimum absolute atomic E-state index is 0.0367. The number of nitrogens with zero attached hydrogens (tertiary/aromatic N) is 3. The van der Waals surface area contributed by atoms with E-state index in [1.165, 1.54) is 31.6 Å². The monoisotopic (exact) mass is 438 g/mol. The molecule has 0 spiro atoms. The number of hydrogen-bond acceptors (Lipinski definition) is 6. The van der Waals surface area contributed by atoms with Crippen molar-refractivity contribution in [1.29, 1.82) is 0 Å². The van der Waals surface area contributed by atoms with Crippen molar-refractivity contribution in [3.05, 3.63) is 48.2 Å². The number of rotatable bonds is 5. The number of carbonyl (C=O) groups excluding carboxylic acids is 1. The molecule has 5 heterocycles. The molecule has 2 bridgehead atoms. The first kappa shape index (κ1) is 20.8. The lowest BCUT2D eigenvalue weighted by Crippen LogP contribution is -2.62. The van der Waals surface area contributed by atoms with Gasteiger partial charge in [0.2, 0.25) is 0 Å². The molecule has 1 aromatic heterocycles. The minimum Gasteiger partial charge on any atom is -0.378 e. The molecule has 1 aromatic carbocycles. The number of carbonyl (C=O) groups is 1. The summed E-state index contributed by atoms with van der Waals surface area (Å²) in [4.78, 5) is 23.3. The van der Waals surface area contributed by atoms with E-state index in [-0.39, 0.29) is 11.9 Å². The summed E-state index contributed by atoms with van der Waals surface area (Å²) in [5.74, 6) is 0.651. The zero-order valence-corrected chi connectivity index (χ0v) is 18.8. The molecule has 6 rings (SSSR count). The Balaban J connectivity index is 1.22. The van der Waals surface area contributed by atoms with Crippen LogP contribution in [0.15, 0.2) is 52.5 Å². The largest absolute Gasteiger partial charge is 0.378 e. The van der Waals surface area contributed by atoms with Crippen molar-refractivity contribution >= 4 is 23.4 Å². The fourth-order valence-electron chi connectivity index (χ4n) is 5.05. The number of amides is 1. The summed E-state index contributed by atoms with van der Waals surface area (Å²) >= 11 is 1.62. The molecule has 6 nitrogen and oxygen atoms in total. The second-order valence-corrected chi connectivity index (χ2v) is 9.79. The van der Waals surface area contributed by atoms with Gasteiger partial charge in [0, 0.05) is 47.5 Å². The Morgan fingerprint density at radius 2 is 1.84 bits per heavy atom. The summed E-state index contributed by atoms with van der Waals surface area (Å²) in [5, 5.41) is 4.27. The highest BCUT2D eigenvalue weighted by molar-refractivity contribution is 7.99. The van der Waals surface area contributed by atoms with Gasteiger partial charge in [-0.3, -0.25) is 9.69 Å². The Kier molecular flexibility index (Phi) is 6.16. The molecule has 7 heteroatoms. The van der Waals surface area contributed by atoms with Crippen LogP contribution in [0.5, 0.6) is 0 Å². The summed E-state index contributed by atoms with van der Waals surface area (Å²) in [6.07, 6.45) is 4.26. The van der Waals surface area contributed by atoms with Crippen molar-refractivity contribution in [1.82, 2.24) is 15.2 Å². The Bertz CT molecular complexity index is 906. The molecule has 1 amide bonds. The second kappa shape index (κ2) is 9.18. The van der Waals surface area contributed by atoms with E-state index in [4.69, 9.17) is 4.74 Å². The lowest BCUT2D eigenvalue weighted by molar-refractivity contribution is 0.0217. The third-order valence-corrected chi connectivity index (χ3v) is 7.85. The van der Waals surface area contributed by atoms with E-state index < -0.39 is 0 Å². The van der Waals surface area contributed by atoms with Crippen LogP contribution in [0.4, 0.5) is 5.69 Å². The number of morpholine rings is 1. The van der Waals surface area contributed by atoms with Crippen LogP contribution in [0.1, 0.15) is 30.1 Å². The van der Waals surface area contributed by atoms with E-state index in [1.54, 1.807) is 11.8 Å². The first-order chi connectivity index (χ1) is 15.2. The van der Waals surface area contributed by atoms with Gasteiger partial charge >= 0.3 is 0 Å². The highest BCUT2D eigenvalue weighted by Gasteiger charge is 2.40. The average Bonchev–Trinajstić information content (AvgIpc) is 2.83. The maximum Gasteiger partial charge on any atom is 0.251 e. The molecule has 0 unspecified atom stereocenters. The zero-order chi connectivity index (χ0) is 21.2. The quantitative estimate of drug-likeness (QED) is 0.773. The third kappa shape index (κ3) is 4.59. The van der Waals surface area contributed by atoms with Crippen LogP contribution >= 0.6 is 11.8 Å². The number of hydrogen-bond donors (Lipinski definition) is 1. The normalized spacial score (nSPS) is 27.8. The van der Waals surface area contributed by atoms with Gasteiger partial charge in [0.05, 0.1) is 13.2 Å². The van der Waals surface area contributed by atoms with E-state index in [1.807, 2.05) is 30.5 Å². The molecule has 4 aliphatic heterocycles.